The van der Waals surface area contributed by atoms with Crippen LogP contribution in [0.25, 0.3) is 45.0 Å². The Kier molecular flexibility index (Phi) is 32.9. The van der Waals surface area contributed by atoms with Crippen molar-refractivity contribution >= 4 is 163 Å². The highest BCUT2D eigenvalue weighted by molar-refractivity contribution is 6.38. The number of carbonyl (C=O) groups excluding carboxylic acids is 8. The number of aromatic nitrogens is 6. The van der Waals surface area contributed by atoms with E-state index in [2.05, 4.69) is 67.1 Å². The number of imidazole rings is 1. The average molecular weight is 1770 g/mol. The lowest BCUT2D eigenvalue weighted by Gasteiger charge is -2.19. The Balaban J connectivity index is 0.000000168. The van der Waals surface area contributed by atoms with Crippen molar-refractivity contribution < 1.29 is 43.5 Å². The van der Waals surface area contributed by atoms with Gasteiger partial charge in [0.15, 0.2) is 0 Å². The number of carbonyl (C=O) groups is 8. The summed E-state index contributed by atoms with van der Waals surface area (Å²) in [7, 11) is 1.52. The zero-order valence-electron chi connectivity index (χ0n) is 64.3. The fourth-order valence-electron chi connectivity index (χ4n) is 11.4. The van der Waals surface area contributed by atoms with Crippen LogP contribution in [0.4, 0.5) is 22.7 Å². The molecule has 5 aromatic heterocycles. The number of benzene rings is 8. The average Bonchev–Trinajstić information content (AvgIpc) is 0.877. The molecule has 31 heteroatoms. The van der Waals surface area contributed by atoms with Crippen molar-refractivity contribution in [2.45, 2.75) is 33.3 Å². The van der Waals surface area contributed by atoms with Crippen LogP contribution in [0, 0.1) is 0 Å². The van der Waals surface area contributed by atoms with Crippen molar-refractivity contribution in [3.8, 4) is 45.0 Å². The molecule has 9 N–H and O–H groups in total. The molecule has 0 aliphatic heterocycles. The van der Waals surface area contributed by atoms with Crippen molar-refractivity contribution in [1.82, 2.24) is 50.8 Å². The van der Waals surface area contributed by atoms with E-state index in [1.54, 1.807) is 152 Å². The van der Waals surface area contributed by atoms with Crippen molar-refractivity contribution in [3.63, 3.8) is 0 Å². The Hall–Kier alpha value is -12.4. The van der Waals surface area contributed by atoms with Crippen molar-refractivity contribution in [1.29, 1.82) is 0 Å². The minimum absolute atomic E-state index is 0.119. The molecule has 23 nitrogen and oxygen atoms in total. The van der Waals surface area contributed by atoms with E-state index in [1.807, 2.05) is 80.6 Å². The standard InChI is InChI=1S/C24H19Cl2N5O2.C23H21Cl2N3O2.C22H19Cl2N3O3.C20H15Cl2N3O2/c25-20-7-5-16(12-19(20)22-3-1-2-9-28-22)31-24(33)18-6-4-15(11-21(18)26)23(32)29-10-8-17-13-27-14-30-17;1-3-28(4-2)23(30)15-8-10-17(20(25)13-15)22(29)27-16-9-11-19(24)18(14-16)21-7-5-6-12-26-21;1-13(28)12-26-21(29)14-5-7-16(19(24)10-14)22(30)27-15-6-8-18(23)17(11-15)20-4-2-3-9-25-20;1-23-19(26)12-5-7-14(17(22)10-12)20(27)25-13-6-8-16(21)15(11-13)18-4-2-3-9-24-18/h1-7,9,11-14H,8,10H2,(H,27,30)(H,29,32)(H,31,33);5-14H,3-4H2,1-2H3,(H,27,29);2-11,13,28H,12H2,1H3,(H,26,29)(H,27,30);2-11H,1H3,(H,23,26)(H,25,27)/t;;13-;/m..0./s1. The van der Waals surface area contributed by atoms with E-state index in [-0.39, 0.29) is 78.4 Å². The van der Waals surface area contributed by atoms with Crippen LogP contribution in [0.5, 0.6) is 0 Å². The Morgan fingerprint density at radius 2 is 0.700 bits per heavy atom. The molecule has 610 valence electrons. The quantitative estimate of drug-likeness (QED) is 0.0288. The van der Waals surface area contributed by atoms with Crippen LogP contribution in [0.3, 0.4) is 0 Å². The first-order valence-electron chi connectivity index (χ1n) is 36.8. The SMILES string of the molecule is CCN(CC)C(=O)c1ccc(C(=O)Nc2ccc(Cl)c(-c3ccccn3)c2)c(Cl)c1.CNC(=O)c1ccc(C(=O)Nc2ccc(Cl)c(-c3ccccn3)c2)c(Cl)c1.C[C@H](O)CNC(=O)c1ccc(C(=O)Nc2ccc(Cl)c(-c3ccccn3)c2)c(Cl)c1.O=C(NCCc1cnc[nH]1)c1ccc(C(=O)Nc2ccc(Cl)c(-c3ccccn3)c2)c(Cl)c1. The monoisotopic (exact) mass is 1760 g/mol. The number of pyridine rings is 4. The molecule has 0 aliphatic carbocycles. The first-order valence-corrected chi connectivity index (χ1v) is 39.8. The smallest absolute Gasteiger partial charge is 0.257 e. The number of H-pyrrole nitrogens is 1. The molecule has 0 spiro atoms. The van der Waals surface area contributed by atoms with Gasteiger partial charge in [-0.2, -0.15) is 0 Å². The molecular weight excluding hydrogens is 1690 g/mol. The molecule has 0 saturated carbocycles. The van der Waals surface area contributed by atoms with Crippen LogP contribution < -0.4 is 37.2 Å². The van der Waals surface area contributed by atoms with E-state index >= 15 is 0 Å². The molecule has 0 fully saturated rings. The minimum Gasteiger partial charge on any atom is -0.392 e. The van der Waals surface area contributed by atoms with E-state index in [0.29, 0.717) is 136 Å². The van der Waals surface area contributed by atoms with Gasteiger partial charge in [0.2, 0.25) is 0 Å². The van der Waals surface area contributed by atoms with Crippen molar-refractivity contribution in [2.75, 3.05) is 54.5 Å². The third-order valence-electron chi connectivity index (χ3n) is 17.6. The number of hydrogen-bond acceptors (Lipinski definition) is 14. The summed E-state index contributed by atoms with van der Waals surface area (Å²) in [5, 5.41) is 31.2. The summed E-state index contributed by atoms with van der Waals surface area (Å²) in [6.45, 7) is 7.15. The van der Waals surface area contributed by atoms with Crippen LogP contribution >= 0.6 is 92.8 Å². The van der Waals surface area contributed by atoms with E-state index in [9.17, 15) is 43.5 Å². The number of nitrogens with zero attached hydrogens (tertiary/aromatic N) is 6. The zero-order chi connectivity index (χ0) is 85.9. The number of aromatic amines is 1. The van der Waals surface area contributed by atoms with E-state index in [0.717, 1.165) is 5.69 Å². The highest BCUT2D eigenvalue weighted by atomic mass is 35.5. The largest absolute Gasteiger partial charge is 0.392 e. The highest BCUT2D eigenvalue weighted by Crippen LogP contribution is 2.35. The molecule has 0 radical (unpaired) electrons. The molecule has 13 aromatic rings. The van der Waals surface area contributed by atoms with Crippen LogP contribution in [0.2, 0.25) is 40.2 Å². The molecule has 1 atom stereocenters. The van der Waals surface area contributed by atoms with Gasteiger partial charge in [-0.1, -0.05) is 117 Å². The normalized spacial score (nSPS) is 10.8. The molecule has 5 heterocycles. The third kappa shape index (κ3) is 24.9. The Morgan fingerprint density at radius 3 is 0.983 bits per heavy atom. The first kappa shape index (κ1) is 89.9. The maximum absolute atomic E-state index is 12.8. The summed E-state index contributed by atoms with van der Waals surface area (Å²) in [5.41, 5.74) is 11.2. The third-order valence-corrected chi connectivity index (χ3v) is 20.2. The molecule has 0 bridgehead atoms. The first-order chi connectivity index (χ1) is 57.8. The summed E-state index contributed by atoms with van der Waals surface area (Å²) in [6.07, 6.45) is 9.94. The number of halogens is 8. The minimum atomic E-state index is -0.662. The molecule has 0 saturated heterocycles. The molecule has 120 heavy (non-hydrogen) atoms. The number of aliphatic hydroxyl groups excluding tert-OH is 1. The molecule has 0 unspecified atom stereocenters. The van der Waals surface area contributed by atoms with Gasteiger partial charge < -0.3 is 52.2 Å². The zero-order valence-corrected chi connectivity index (χ0v) is 70.3. The molecule has 0 aliphatic rings. The lowest BCUT2D eigenvalue weighted by atomic mass is 10.1. The number of nitrogens with one attached hydrogen (secondary N) is 8. The fraction of sp³-hybridized carbons (Fsp3) is 0.112. The Morgan fingerprint density at radius 1 is 0.383 bits per heavy atom. The number of rotatable bonds is 23. The molecule has 13 rings (SSSR count). The lowest BCUT2D eigenvalue weighted by Crippen LogP contribution is -2.30. The van der Waals surface area contributed by atoms with Crippen LogP contribution in [0.15, 0.2) is 256 Å². The second kappa shape index (κ2) is 43.9. The summed E-state index contributed by atoms with van der Waals surface area (Å²) in [4.78, 5) is 125. The van der Waals surface area contributed by atoms with Gasteiger partial charge in [-0.15, -0.1) is 0 Å². The predicted molar refractivity (Wildman–Crippen MR) is 476 cm³/mol. The van der Waals surface area contributed by atoms with Crippen molar-refractivity contribution in [2.24, 2.45) is 0 Å². The van der Waals surface area contributed by atoms with Crippen molar-refractivity contribution in [3.05, 3.63) is 346 Å². The van der Waals surface area contributed by atoms with Gasteiger partial charge >= 0.3 is 0 Å². The lowest BCUT2D eigenvalue weighted by molar-refractivity contribution is 0.0771. The van der Waals surface area contributed by atoms with Gasteiger partial charge in [-0.25, -0.2) is 4.98 Å². The topological polar surface area (TPSA) is 324 Å². The summed E-state index contributed by atoms with van der Waals surface area (Å²) >= 11 is 50.2. The number of hydrogen-bond donors (Lipinski definition) is 9. The maximum atomic E-state index is 12.8. The van der Waals surface area contributed by atoms with Gasteiger partial charge in [0.1, 0.15) is 0 Å². The predicted octanol–water partition coefficient (Wildman–Crippen LogP) is 19.9. The van der Waals surface area contributed by atoms with E-state index in [4.69, 9.17) is 92.8 Å². The summed E-state index contributed by atoms with van der Waals surface area (Å²) < 4.78 is 0. The fourth-order valence-corrected chi connectivity index (χ4v) is 13.4. The highest BCUT2D eigenvalue weighted by Gasteiger charge is 2.22. The number of aliphatic hydroxyl groups is 1. The second-order valence-corrected chi connectivity index (χ2v) is 29.2. The van der Waals surface area contributed by atoms with Crippen LogP contribution in [-0.4, -0.2) is 126 Å². The van der Waals surface area contributed by atoms with E-state index in [1.165, 1.54) is 55.6 Å². The maximum Gasteiger partial charge on any atom is 0.257 e. The molecular formula is C89H74Cl8N14O9. The van der Waals surface area contributed by atoms with Gasteiger partial charge in [0.05, 0.1) is 97.6 Å². The Bertz CT molecular complexity index is 5840. The second-order valence-electron chi connectivity index (χ2n) is 25.9. The van der Waals surface area contributed by atoms with Crippen LogP contribution in [0.1, 0.15) is 109 Å². The van der Waals surface area contributed by atoms with E-state index < -0.39 is 23.8 Å². The van der Waals surface area contributed by atoms with Gasteiger partial charge in [-0.05, 0) is 215 Å². The van der Waals surface area contributed by atoms with Crippen LogP contribution in [-0.2, 0) is 6.42 Å². The van der Waals surface area contributed by atoms with Gasteiger partial charge in [-0.3, -0.25) is 58.3 Å². The van der Waals surface area contributed by atoms with Gasteiger partial charge in [0, 0.05) is 144 Å². The Labute approximate surface area is 730 Å². The number of amides is 8. The van der Waals surface area contributed by atoms with Gasteiger partial charge in [0.25, 0.3) is 47.3 Å². The summed E-state index contributed by atoms with van der Waals surface area (Å²) in [6, 6.07) is 60.7. The molecule has 8 amide bonds. The molecule has 8 aromatic carbocycles. The number of anilines is 4. The summed E-state index contributed by atoms with van der Waals surface area (Å²) in [5.74, 6) is -2.66.